The van der Waals surface area contributed by atoms with Crippen LogP contribution in [0, 0.1) is 0 Å². The molecular weight excluding hydrogens is 485 g/mol. The van der Waals surface area contributed by atoms with Gasteiger partial charge in [0.15, 0.2) is 0 Å². The number of fused-ring (bicyclic) bond motifs is 1. The first-order valence-electron chi connectivity index (χ1n) is 10.7. The quantitative estimate of drug-likeness (QED) is 0.186. The molecule has 1 aliphatic heterocycles. The summed E-state index contributed by atoms with van der Waals surface area (Å²) in [5.41, 5.74) is 5.62. The van der Waals surface area contributed by atoms with Crippen molar-refractivity contribution >= 4 is 75.2 Å². The highest BCUT2D eigenvalue weighted by atomic mass is 35.5. The van der Waals surface area contributed by atoms with E-state index in [9.17, 15) is 9.59 Å². The number of aromatic amines is 1. The number of hydrogen-bond acceptors (Lipinski definition) is 3. The van der Waals surface area contributed by atoms with Gasteiger partial charge in [-0.25, -0.2) is 4.79 Å². The van der Waals surface area contributed by atoms with Crippen LogP contribution in [0.3, 0.4) is 0 Å². The SMILES string of the molecule is O=C(Nc1cccc(Nc2ccc3c(c2)NC(=O)C3=Cc2ccc[nH]2)c1)Nc1ccc(Cl)cc1Cl. The highest BCUT2D eigenvalue weighted by molar-refractivity contribution is 6.37. The first-order chi connectivity index (χ1) is 16.9. The van der Waals surface area contributed by atoms with Crippen LogP contribution in [0.2, 0.25) is 10.0 Å². The molecule has 2 heterocycles. The zero-order valence-corrected chi connectivity index (χ0v) is 19.7. The Balaban J connectivity index is 1.28. The van der Waals surface area contributed by atoms with Crippen LogP contribution in [0.25, 0.3) is 11.6 Å². The minimum atomic E-state index is -0.437. The molecule has 5 N–H and O–H groups in total. The lowest BCUT2D eigenvalue weighted by Crippen LogP contribution is -2.19. The summed E-state index contributed by atoms with van der Waals surface area (Å²) in [6.45, 7) is 0. The summed E-state index contributed by atoms with van der Waals surface area (Å²) in [4.78, 5) is 28.0. The monoisotopic (exact) mass is 503 g/mol. The number of halogens is 2. The van der Waals surface area contributed by atoms with Gasteiger partial charge < -0.3 is 26.3 Å². The van der Waals surface area contributed by atoms with Crippen molar-refractivity contribution in [2.24, 2.45) is 0 Å². The van der Waals surface area contributed by atoms with Gasteiger partial charge in [0.2, 0.25) is 0 Å². The third-order valence-corrected chi connectivity index (χ3v) is 5.86. The first-order valence-corrected chi connectivity index (χ1v) is 11.4. The predicted molar refractivity (Wildman–Crippen MR) is 143 cm³/mol. The molecule has 0 fully saturated rings. The van der Waals surface area contributed by atoms with Gasteiger partial charge in [0, 0.05) is 39.5 Å². The zero-order valence-electron chi connectivity index (χ0n) is 18.2. The largest absolute Gasteiger partial charge is 0.362 e. The van der Waals surface area contributed by atoms with Crippen LogP contribution in [-0.4, -0.2) is 16.9 Å². The van der Waals surface area contributed by atoms with E-state index in [0.29, 0.717) is 27.0 Å². The Labute approximate surface area is 211 Å². The van der Waals surface area contributed by atoms with E-state index in [4.69, 9.17) is 23.2 Å². The maximum atomic E-state index is 12.5. The van der Waals surface area contributed by atoms with Crippen molar-refractivity contribution in [2.45, 2.75) is 0 Å². The molecule has 0 bridgehead atoms. The molecule has 0 aliphatic carbocycles. The summed E-state index contributed by atoms with van der Waals surface area (Å²) in [5.74, 6) is -0.148. The molecule has 4 aromatic rings. The van der Waals surface area contributed by atoms with Crippen molar-refractivity contribution in [3.63, 3.8) is 0 Å². The maximum absolute atomic E-state index is 12.5. The number of anilines is 5. The summed E-state index contributed by atoms with van der Waals surface area (Å²) >= 11 is 12.0. The molecule has 174 valence electrons. The molecule has 0 radical (unpaired) electrons. The molecule has 0 saturated heterocycles. The second-order valence-corrected chi connectivity index (χ2v) is 8.65. The van der Waals surface area contributed by atoms with Crippen molar-refractivity contribution in [3.8, 4) is 0 Å². The van der Waals surface area contributed by atoms with Crippen molar-refractivity contribution < 1.29 is 9.59 Å². The van der Waals surface area contributed by atoms with Gasteiger partial charge in [0.25, 0.3) is 5.91 Å². The minimum Gasteiger partial charge on any atom is -0.362 e. The van der Waals surface area contributed by atoms with Gasteiger partial charge in [-0.1, -0.05) is 35.3 Å². The third kappa shape index (κ3) is 5.16. The Morgan fingerprint density at radius 3 is 2.49 bits per heavy atom. The molecule has 0 saturated carbocycles. The maximum Gasteiger partial charge on any atom is 0.323 e. The summed E-state index contributed by atoms with van der Waals surface area (Å²) in [6, 6.07) is 21.1. The summed E-state index contributed by atoms with van der Waals surface area (Å²) < 4.78 is 0. The Morgan fingerprint density at radius 2 is 1.69 bits per heavy atom. The molecule has 9 heteroatoms. The zero-order chi connectivity index (χ0) is 24.4. The van der Waals surface area contributed by atoms with Crippen molar-refractivity contribution in [3.05, 3.63) is 100 Å². The van der Waals surface area contributed by atoms with Crippen molar-refractivity contribution in [1.29, 1.82) is 0 Å². The number of aromatic nitrogens is 1. The number of nitrogens with one attached hydrogen (secondary N) is 5. The number of amides is 3. The molecular formula is C26H19Cl2N5O2. The van der Waals surface area contributed by atoms with E-state index in [1.54, 1.807) is 30.3 Å². The fourth-order valence-electron chi connectivity index (χ4n) is 3.72. The molecule has 3 amide bonds. The standard InChI is InChI=1S/C26H19Cl2N5O2/c27-15-6-9-23(22(28)11-15)33-26(35)31-18-4-1-3-17(12-18)30-19-7-8-20-21(13-16-5-2-10-29-16)25(34)32-24(20)14-19/h1-14,29-30H,(H,32,34)(H2,31,33,35). The molecule has 0 unspecified atom stereocenters. The Kier molecular flexibility index (Phi) is 6.18. The second kappa shape index (κ2) is 9.58. The molecule has 3 aromatic carbocycles. The van der Waals surface area contributed by atoms with Crippen LogP contribution < -0.4 is 21.3 Å². The topological polar surface area (TPSA) is 98.1 Å². The number of rotatable bonds is 5. The average Bonchev–Trinajstić information content (AvgIpc) is 3.44. The van der Waals surface area contributed by atoms with Gasteiger partial charge in [-0.2, -0.15) is 0 Å². The van der Waals surface area contributed by atoms with E-state index in [0.717, 1.165) is 28.3 Å². The third-order valence-electron chi connectivity index (χ3n) is 5.31. The van der Waals surface area contributed by atoms with E-state index in [1.165, 1.54) is 0 Å². The summed E-state index contributed by atoms with van der Waals surface area (Å²) in [6.07, 6.45) is 3.64. The number of carbonyl (C=O) groups is 2. The lowest BCUT2D eigenvalue weighted by molar-refractivity contribution is -0.110. The van der Waals surface area contributed by atoms with Crippen molar-refractivity contribution in [2.75, 3.05) is 21.3 Å². The van der Waals surface area contributed by atoms with E-state index in [1.807, 2.05) is 54.7 Å². The van der Waals surface area contributed by atoms with Gasteiger partial charge in [0.05, 0.1) is 22.0 Å². The lowest BCUT2D eigenvalue weighted by atomic mass is 10.1. The van der Waals surface area contributed by atoms with Crippen LogP contribution in [-0.2, 0) is 4.79 Å². The molecule has 7 nitrogen and oxygen atoms in total. The Bertz CT molecular complexity index is 1460. The van der Waals surface area contributed by atoms with E-state index in [-0.39, 0.29) is 5.91 Å². The molecule has 0 atom stereocenters. The molecule has 35 heavy (non-hydrogen) atoms. The fourth-order valence-corrected chi connectivity index (χ4v) is 4.18. The van der Waals surface area contributed by atoms with Crippen LogP contribution in [0.1, 0.15) is 11.3 Å². The number of benzene rings is 3. The van der Waals surface area contributed by atoms with Crippen molar-refractivity contribution in [1.82, 2.24) is 4.98 Å². The summed E-state index contributed by atoms with van der Waals surface area (Å²) in [7, 11) is 0. The normalized spacial score (nSPS) is 13.3. The molecule has 1 aliphatic rings. The van der Waals surface area contributed by atoms with E-state index < -0.39 is 6.03 Å². The highest BCUT2D eigenvalue weighted by Crippen LogP contribution is 2.35. The predicted octanol–water partition coefficient (Wildman–Crippen LogP) is 7.20. The lowest BCUT2D eigenvalue weighted by Gasteiger charge is -2.12. The first kappa shape index (κ1) is 22.6. The smallest absolute Gasteiger partial charge is 0.323 e. The Morgan fingerprint density at radius 1 is 0.857 bits per heavy atom. The van der Waals surface area contributed by atoms with E-state index in [2.05, 4.69) is 26.3 Å². The van der Waals surface area contributed by atoms with Gasteiger partial charge in [0.1, 0.15) is 0 Å². The number of urea groups is 1. The number of carbonyl (C=O) groups excluding carboxylic acids is 2. The minimum absolute atomic E-state index is 0.148. The van der Waals surface area contributed by atoms with Gasteiger partial charge in [-0.15, -0.1) is 0 Å². The molecule has 5 rings (SSSR count). The van der Waals surface area contributed by atoms with Gasteiger partial charge in [-0.3, -0.25) is 4.79 Å². The average molecular weight is 504 g/mol. The van der Waals surface area contributed by atoms with E-state index >= 15 is 0 Å². The van der Waals surface area contributed by atoms with Crippen LogP contribution in [0.5, 0.6) is 0 Å². The Hall–Kier alpha value is -4.20. The fraction of sp³-hybridized carbons (Fsp3) is 0. The molecule has 0 spiro atoms. The number of H-pyrrole nitrogens is 1. The molecule has 1 aromatic heterocycles. The second-order valence-electron chi connectivity index (χ2n) is 7.81. The highest BCUT2D eigenvalue weighted by Gasteiger charge is 2.24. The van der Waals surface area contributed by atoms with Gasteiger partial charge >= 0.3 is 6.03 Å². The van der Waals surface area contributed by atoms with Gasteiger partial charge in [-0.05, 0) is 66.7 Å². The summed E-state index contributed by atoms with van der Waals surface area (Å²) in [5, 5.41) is 12.5. The van der Waals surface area contributed by atoms with Crippen LogP contribution >= 0.6 is 23.2 Å². The van der Waals surface area contributed by atoms with Crippen LogP contribution in [0.4, 0.5) is 33.2 Å². The number of hydrogen-bond donors (Lipinski definition) is 5. The van der Waals surface area contributed by atoms with Crippen LogP contribution in [0.15, 0.2) is 79.0 Å².